The zero-order chi connectivity index (χ0) is 42.6. The Morgan fingerprint density at radius 2 is 1.06 bits per heavy atom. The molecule has 0 saturated heterocycles. The Labute approximate surface area is 376 Å². The number of furan rings is 2. The second-order valence-corrected chi connectivity index (χ2v) is 17.9. The number of hydrogen-bond donors (Lipinski definition) is 1. The van der Waals surface area contributed by atoms with Gasteiger partial charge in [0.1, 0.15) is 34.3 Å². The van der Waals surface area contributed by atoms with Crippen LogP contribution in [-0.4, -0.2) is 11.7 Å². The van der Waals surface area contributed by atoms with E-state index in [1.54, 1.807) is 0 Å². The van der Waals surface area contributed by atoms with E-state index >= 15 is 0 Å². The zero-order valence-corrected chi connectivity index (χ0v) is 35.6. The molecule has 0 bridgehead atoms. The number of fused-ring (bicyclic) bond motifs is 11. The van der Waals surface area contributed by atoms with Gasteiger partial charge in [-0.1, -0.05) is 152 Å². The molecule has 5 nitrogen and oxygen atoms in total. The molecule has 1 N–H and O–H groups in total. The Bertz CT molecular complexity index is 4190. The molecule has 14 rings (SSSR count). The fourth-order valence-corrected chi connectivity index (χ4v) is 11.3. The highest BCUT2D eigenvalue weighted by Crippen LogP contribution is 2.44. The molecule has 4 heterocycles. The standard InChI is InChI=1S/C59H35N3O2S/c1-2-12-35-31-37(24-23-34(35)11-1)57-60-58(38-26-27-44-43-15-5-7-20-50(43)63-52(44)33-38)62-59(61-57)48-30-29-42(40-13-3-4-14-41(40)48)46-18-10-21-51-55(46)49-28-25-36(32-53(49)64-51)39-17-9-19-47-45-16-6-8-22-54(45)65-56(39)47/h1-33,57H,(H,60,61,62). The molecule has 0 amide bonds. The van der Waals surface area contributed by atoms with E-state index in [2.05, 4.69) is 187 Å². The van der Waals surface area contributed by atoms with Crippen LogP contribution in [0.15, 0.2) is 219 Å². The van der Waals surface area contributed by atoms with Crippen LogP contribution in [0.3, 0.4) is 0 Å². The van der Waals surface area contributed by atoms with E-state index in [0.717, 1.165) is 99.3 Å². The molecule has 1 unspecified atom stereocenters. The lowest BCUT2D eigenvalue weighted by Crippen LogP contribution is -2.33. The first-order valence-corrected chi connectivity index (χ1v) is 22.7. The van der Waals surface area contributed by atoms with Crippen molar-refractivity contribution in [3.8, 4) is 22.3 Å². The molecule has 1 aliphatic heterocycles. The summed E-state index contributed by atoms with van der Waals surface area (Å²) in [6.07, 6.45) is -0.381. The summed E-state index contributed by atoms with van der Waals surface area (Å²) in [5.41, 5.74) is 11.0. The molecule has 1 aliphatic rings. The summed E-state index contributed by atoms with van der Waals surface area (Å²) in [6.45, 7) is 0. The summed E-state index contributed by atoms with van der Waals surface area (Å²) >= 11 is 1.85. The second-order valence-electron chi connectivity index (χ2n) is 16.9. The van der Waals surface area contributed by atoms with Crippen molar-refractivity contribution in [2.24, 2.45) is 9.98 Å². The summed E-state index contributed by atoms with van der Waals surface area (Å²) < 4.78 is 15.7. The molecular formula is C59H35N3O2S. The maximum absolute atomic E-state index is 6.71. The van der Waals surface area contributed by atoms with Crippen LogP contribution in [0.25, 0.3) is 108 Å². The van der Waals surface area contributed by atoms with Crippen molar-refractivity contribution in [3.05, 3.63) is 217 Å². The highest BCUT2D eigenvalue weighted by Gasteiger charge is 2.25. The number of benzene rings is 10. The Hall–Kier alpha value is -8.32. The van der Waals surface area contributed by atoms with Gasteiger partial charge in [0.15, 0.2) is 5.84 Å². The molecule has 0 spiro atoms. The van der Waals surface area contributed by atoms with Crippen LogP contribution in [0.4, 0.5) is 0 Å². The Balaban J connectivity index is 0.901. The van der Waals surface area contributed by atoms with Crippen LogP contribution < -0.4 is 5.32 Å². The van der Waals surface area contributed by atoms with Gasteiger partial charge in [-0.2, -0.15) is 0 Å². The van der Waals surface area contributed by atoms with Gasteiger partial charge in [0.05, 0.1) is 0 Å². The first-order chi connectivity index (χ1) is 32.2. The maximum atomic E-state index is 6.71. The fourth-order valence-electron chi connectivity index (χ4n) is 10.1. The third kappa shape index (κ3) is 5.71. The topological polar surface area (TPSA) is 63.0 Å². The van der Waals surface area contributed by atoms with E-state index in [1.165, 1.54) is 31.1 Å². The highest BCUT2D eigenvalue weighted by molar-refractivity contribution is 7.26. The number of aliphatic imine (C=N–C) groups is 2. The molecule has 6 heteroatoms. The average molecular weight is 850 g/mol. The van der Waals surface area contributed by atoms with Crippen LogP contribution in [-0.2, 0) is 0 Å². The SMILES string of the molecule is c1ccc2cc(C3N=C(c4ccc5c(c4)oc4ccccc45)N=C(c4ccc(-c5cccc6oc7cc(-c8cccc9c8sc8ccccc89)ccc7c56)c5ccccc45)N3)ccc2c1. The van der Waals surface area contributed by atoms with E-state index in [0.29, 0.717) is 5.84 Å². The van der Waals surface area contributed by atoms with Gasteiger partial charge in [-0.05, 0) is 97.9 Å². The predicted octanol–water partition coefficient (Wildman–Crippen LogP) is 16.0. The van der Waals surface area contributed by atoms with Gasteiger partial charge in [-0.25, -0.2) is 9.98 Å². The number of nitrogens with one attached hydrogen (secondary N) is 1. The van der Waals surface area contributed by atoms with E-state index < -0.39 is 0 Å². The quantitative estimate of drug-likeness (QED) is 0.188. The van der Waals surface area contributed by atoms with Crippen molar-refractivity contribution in [3.63, 3.8) is 0 Å². The number of rotatable bonds is 5. The normalized spacial score (nSPS) is 14.3. The summed E-state index contributed by atoms with van der Waals surface area (Å²) in [4.78, 5) is 10.6. The summed E-state index contributed by atoms with van der Waals surface area (Å²) in [6, 6.07) is 71.0. The molecule has 13 aromatic rings. The van der Waals surface area contributed by atoms with Gasteiger partial charge >= 0.3 is 0 Å². The Morgan fingerprint density at radius 3 is 1.98 bits per heavy atom. The van der Waals surface area contributed by atoms with Gasteiger partial charge in [0.25, 0.3) is 0 Å². The van der Waals surface area contributed by atoms with Gasteiger partial charge in [-0.3, -0.25) is 0 Å². The van der Waals surface area contributed by atoms with Crippen molar-refractivity contribution < 1.29 is 8.83 Å². The summed E-state index contributed by atoms with van der Waals surface area (Å²) in [5.74, 6) is 1.40. The number of para-hydroxylation sites is 1. The van der Waals surface area contributed by atoms with Crippen molar-refractivity contribution in [2.75, 3.05) is 0 Å². The minimum atomic E-state index is -0.381. The monoisotopic (exact) mass is 849 g/mol. The molecule has 304 valence electrons. The molecule has 0 saturated carbocycles. The van der Waals surface area contributed by atoms with Crippen molar-refractivity contribution in [1.29, 1.82) is 0 Å². The van der Waals surface area contributed by atoms with Crippen molar-refractivity contribution >= 4 is 109 Å². The second kappa shape index (κ2) is 14.1. The number of nitrogens with zero attached hydrogens (tertiary/aromatic N) is 2. The zero-order valence-electron chi connectivity index (χ0n) is 34.7. The lowest BCUT2D eigenvalue weighted by Gasteiger charge is -2.25. The predicted molar refractivity (Wildman–Crippen MR) is 272 cm³/mol. The number of thiophene rings is 1. The van der Waals surface area contributed by atoms with E-state index in [9.17, 15) is 0 Å². The van der Waals surface area contributed by atoms with Crippen molar-refractivity contribution in [1.82, 2.24) is 5.32 Å². The molecule has 10 aromatic carbocycles. The Morgan fingerprint density at radius 1 is 0.415 bits per heavy atom. The molecule has 3 aromatic heterocycles. The van der Waals surface area contributed by atoms with Crippen LogP contribution in [0.2, 0.25) is 0 Å². The maximum Gasteiger partial charge on any atom is 0.159 e. The average Bonchev–Trinajstić information content (AvgIpc) is 4.06. The van der Waals surface area contributed by atoms with Crippen molar-refractivity contribution in [2.45, 2.75) is 6.17 Å². The lowest BCUT2D eigenvalue weighted by atomic mass is 9.91. The molecule has 1 atom stereocenters. The third-order valence-corrected chi connectivity index (χ3v) is 14.4. The molecule has 0 radical (unpaired) electrons. The Kier molecular flexibility index (Phi) is 7.85. The van der Waals surface area contributed by atoms with Gasteiger partial charge in [0, 0.05) is 52.8 Å². The minimum Gasteiger partial charge on any atom is -0.456 e. The largest absolute Gasteiger partial charge is 0.456 e. The van der Waals surface area contributed by atoms with Crippen LogP contribution in [0.5, 0.6) is 0 Å². The van der Waals surface area contributed by atoms with E-state index in [4.69, 9.17) is 18.8 Å². The first-order valence-electron chi connectivity index (χ1n) is 21.9. The van der Waals surface area contributed by atoms with Crippen LogP contribution >= 0.6 is 11.3 Å². The van der Waals surface area contributed by atoms with Gasteiger partial charge in [0.2, 0.25) is 0 Å². The summed E-state index contributed by atoms with van der Waals surface area (Å²) in [7, 11) is 0. The van der Waals surface area contributed by atoms with E-state index in [-0.39, 0.29) is 6.17 Å². The minimum absolute atomic E-state index is 0.381. The molecule has 0 aliphatic carbocycles. The molecule has 0 fully saturated rings. The third-order valence-electron chi connectivity index (χ3n) is 13.2. The summed E-state index contributed by atoms with van der Waals surface area (Å²) in [5, 5.41) is 15.3. The molecular weight excluding hydrogens is 815 g/mol. The number of hydrogen-bond acceptors (Lipinski definition) is 6. The van der Waals surface area contributed by atoms with Crippen LogP contribution in [0, 0.1) is 0 Å². The smallest absolute Gasteiger partial charge is 0.159 e. The van der Waals surface area contributed by atoms with Gasteiger partial charge in [-0.15, -0.1) is 11.3 Å². The van der Waals surface area contributed by atoms with Gasteiger partial charge < -0.3 is 14.2 Å². The number of amidine groups is 2. The molecule has 65 heavy (non-hydrogen) atoms. The van der Waals surface area contributed by atoms with Crippen LogP contribution in [0.1, 0.15) is 22.9 Å². The first kappa shape index (κ1) is 36.2. The fraction of sp³-hybridized carbons (Fsp3) is 0.0169. The van der Waals surface area contributed by atoms with E-state index in [1.807, 2.05) is 29.5 Å². The lowest BCUT2D eigenvalue weighted by molar-refractivity contribution is 0.667. The highest BCUT2D eigenvalue weighted by atomic mass is 32.1.